The number of fused-ring (bicyclic) bond motifs is 2. The van der Waals surface area contributed by atoms with Crippen molar-refractivity contribution in [2.24, 2.45) is 5.92 Å². The van der Waals surface area contributed by atoms with Gasteiger partial charge in [0.1, 0.15) is 11.9 Å². The first-order chi connectivity index (χ1) is 18.2. The Labute approximate surface area is 224 Å². The summed E-state index contributed by atoms with van der Waals surface area (Å²) in [5.74, 6) is 0.490. The van der Waals surface area contributed by atoms with Crippen LogP contribution in [0.1, 0.15) is 19.4 Å². The third kappa shape index (κ3) is 6.02. The predicted molar refractivity (Wildman–Crippen MR) is 152 cm³/mol. The molecule has 0 bridgehead atoms. The lowest BCUT2D eigenvalue weighted by molar-refractivity contribution is -0.134. The number of urea groups is 1. The predicted octanol–water partition coefficient (Wildman–Crippen LogP) is 4.22. The topological polar surface area (TPSA) is 85.4 Å². The first-order valence-corrected chi connectivity index (χ1v) is 13.0. The molecule has 8 heteroatoms. The molecule has 0 fully saturated rings. The van der Waals surface area contributed by atoms with Crippen LogP contribution in [0.15, 0.2) is 60.7 Å². The number of carbonyl (C=O) groups excluding carboxylic acids is 2. The maximum atomic E-state index is 13.3. The van der Waals surface area contributed by atoms with Gasteiger partial charge in [0.15, 0.2) is 0 Å². The lowest BCUT2D eigenvalue weighted by Crippen LogP contribution is -2.48. The number of carbonyl (C=O) groups is 2. The number of aliphatic hydroxyl groups excluding tert-OH is 1. The average molecular weight is 519 g/mol. The Morgan fingerprint density at radius 1 is 1.13 bits per heavy atom. The van der Waals surface area contributed by atoms with Crippen molar-refractivity contribution in [2.45, 2.75) is 32.4 Å². The second-order valence-electron chi connectivity index (χ2n) is 10.4. The van der Waals surface area contributed by atoms with Gasteiger partial charge in [-0.15, -0.1) is 0 Å². The number of anilines is 2. The Hall–Kier alpha value is -3.78. The van der Waals surface area contributed by atoms with E-state index in [0.29, 0.717) is 18.8 Å². The van der Waals surface area contributed by atoms with Crippen molar-refractivity contribution in [3.8, 4) is 5.75 Å². The smallest absolute Gasteiger partial charge is 0.321 e. The zero-order valence-electron chi connectivity index (χ0n) is 22.8. The van der Waals surface area contributed by atoms with Gasteiger partial charge in [-0.2, -0.15) is 0 Å². The van der Waals surface area contributed by atoms with Gasteiger partial charge in [0.05, 0.1) is 31.3 Å². The minimum atomic E-state index is -0.374. The fourth-order valence-electron chi connectivity index (χ4n) is 4.81. The number of ether oxygens (including phenoxy) is 1. The summed E-state index contributed by atoms with van der Waals surface area (Å²) < 4.78 is 6.53. The fraction of sp³-hybridized carbons (Fsp3) is 0.400. The minimum absolute atomic E-state index is 0.0538. The molecule has 202 valence electrons. The van der Waals surface area contributed by atoms with Gasteiger partial charge in [-0.25, -0.2) is 4.79 Å². The van der Waals surface area contributed by atoms with Gasteiger partial charge < -0.3 is 29.9 Å². The van der Waals surface area contributed by atoms with E-state index in [9.17, 15) is 14.7 Å². The zero-order valence-corrected chi connectivity index (χ0v) is 22.8. The second-order valence-corrected chi connectivity index (χ2v) is 10.4. The number of hydrogen-bond acceptors (Lipinski definition) is 5. The number of likely N-dealkylation sites (N-methyl/N-ethyl adjacent to an activating group) is 1. The van der Waals surface area contributed by atoms with Gasteiger partial charge >= 0.3 is 6.03 Å². The highest BCUT2D eigenvalue weighted by Gasteiger charge is 2.32. The van der Waals surface area contributed by atoms with Crippen molar-refractivity contribution >= 4 is 34.1 Å². The molecule has 0 aromatic heterocycles. The summed E-state index contributed by atoms with van der Waals surface area (Å²) in [5, 5.41) is 14.9. The first-order valence-electron chi connectivity index (χ1n) is 13.0. The van der Waals surface area contributed by atoms with Gasteiger partial charge in [0.2, 0.25) is 5.91 Å². The van der Waals surface area contributed by atoms with E-state index in [1.165, 1.54) is 0 Å². The SMILES string of the molecule is C[C@H]1CN([C@@H](C)CO)C(=O)Cc2cc(N(C)C)ccc2O[C@H]1CN(C)C(=O)Nc1cccc2ccccc12. The molecule has 3 aromatic carbocycles. The monoisotopic (exact) mass is 518 g/mol. The molecule has 3 amide bonds. The van der Waals surface area contributed by atoms with Gasteiger partial charge in [-0.3, -0.25) is 4.79 Å². The summed E-state index contributed by atoms with van der Waals surface area (Å²) in [6, 6.07) is 19.0. The quantitative estimate of drug-likeness (QED) is 0.511. The van der Waals surface area contributed by atoms with Crippen molar-refractivity contribution in [1.29, 1.82) is 0 Å². The number of amides is 3. The van der Waals surface area contributed by atoms with E-state index in [2.05, 4.69) is 5.32 Å². The molecule has 2 N–H and O–H groups in total. The van der Waals surface area contributed by atoms with Crippen molar-refractivity contribution < 1.29 is 19.4 Å². The van der Waals surface area contributed by atoms with Crippen LogP contribution >= 0.6 is 0 Å². The van der Waals surface area contributed by atoms with Gasteiger partial charge in [0.25, 0.3) is 0 Å². The number of nitrogens with one attached hydrogen (secondary N) is 1. The molecule has 0 saturated heterocycles. The number of aliphatic hydroxyl groups is 1. The van der Waals surface area contributed by atoms with Gasteiger partial charge in [-0.1, -0.05) is 43.3 Å². The Bertz CT molecular complexity index is 1290. The lowest BCUT2D eigenvalue weighted by atomic mass is 10.0. The summed E-state index contributed by atoms with van der Waals surface area (Å²) in [6.07, 6.45) is -0.195. The van der Waals surface area contributed by atoms with Crippen LogP contribution in [-0.2, 0) is 11.2 Å². The Morgan fingerprint density at radius 3 is 2.61 bits per heavy atom. The summed E-state index contributed by atoms with van der Waals surface area (Å²) in [4.78, 5) is 31.9. The number of hydrogen-bond donors (Lipinski definition) is 2. The van der Waals surface area contributed by atoms with Crippen LogP contribution in [0.5, 0.6) is 5.75 Å². The molecule has 0 unspecified atom stereocenters. The van der Waals surface area contributed by atoms with Crippen LogP contribution in [0.4, 0.5) is 16.2 Å². The third-order valence-corrected chi connectivity index (χ3v) is 7.25. The summed E-state index contributed by atoms with van der Waals surface area (Å²) in [6.45, 7) is 4.48. The van der Waals surface area contributed by atoms with E-state index in [0.717, 1.165) is 27.7 Å². The number of rotatable bonds is 6. The maximum Gasteiger partial charge on any atom is 0.321 e. The minimum Gasteiger partial charge on any atom is -0.488 e. The van der Waals surface area contributed by atoms with Gasteiger partial charge in [-0.05, 0) is 36.6 Å². The molecule has 8 nitrogen and oxygen atoms in total. The Balaban J connectivity index is 1.59. The molecule has 4 rings (SSSR count). The highest BCUT2D eigenvalue weighted by atomic mass is 16.5. The van der Waals surface area contributed by atoms with Crippen molar-refractivity contribution in [3.63, 3.8) is 0 Å². The number of nitrogens with zero attached hydrogens (tertiary/aromatic N) is 3. The molecular weight excluding hydrogens is 480 g/mol. The standard InChI is InChI=1S/C30H38N4O4/c1-20-17-34(21(2)19-35)29(36)16-23-15-24(32(3)4)13-14-27(23)38-28(20)18-33(5)30(37)31-26-12-8-10-22-9-6-7-11-25(22)26/h6-15,20-21,28,35H,16-19H2,1-5H3,(H,31,37)/t20-,21-,28-/m0/s1. The Kier molecular flexibility index (Phi) is 8.42. The average Bonchev–Trinajstić information content (AvgIpc) is 2.95. The summed E-state index contributed by atoms with van der Waals surface area (Å²) in [5.41, 5.74) is 2.51. The van der Waals surface area contributed by atoms with Crippen LogP contribution in [0, 0.1) is 5.92 Å². The van der Waals surface area contributed by atoms with Crippen LogP contribution in [-0.4, -0.2) is 79.8 Å². The molecule has 0 spiro atoms. The van der Waals surface area contributed by atoms with E-state index in [1.54, 1.807) is 16.8 Å². The zero-order chi connectivity index (χ0) is 27.4. The molecule has 1 aliphatic heterocycles. The van der Waals surface area contributed by atoms with Crippen LogP contribution in [0.2, 0.25) is 0 Å². The molecule has 3 atom stereocenters. The molecule has 38 heavy (non-hydrogen) atoms. The largest absolute Gasteiger partial charge is 0.488 e. The summed E-state index contributed by atoms with van der Waals surface area (Å²) >= 11 is 0. The van der Waals surface area contributed by atoms with Crippen LogP contribution in [0.25, 0.3) is 10.8 Å². The van der Waals surface area contributed by atoms with Gasteiger partial charge in [0, 0.05) is 50.2 Å². The van der Waals surface area contributed by atoms with E-state index >= 15 is 0 Å². The molecule has 3 aromatic rings. The van der Waals surface area contributed by atoms with Crippen molar-refractivity contribution in [2.75, 3.05) is 51.1 Å². The highest BCUT2D eigenvalue weighted by molar-refractivity contribution is 6.01. The lowest BCUT2D eigenvalue weighted by Gasteiger charge is -2.34. The van der Waals surface area contributed by atoms with E-state index in [-0.39, 0.29) is 43.0 Å². The first kappa shape index (κ1) is 27.3. The second kappa shape index (κ2) is 11.7. The van der Waals surface area contributed by atoms with Crippen LogP contribution < -0.4 is 15.0 Å². The van der Waals surface area contributed by atoms with E-state index < -0.39 is 0 Å². The molecular formula is C30H38N4O4. The van der Waals surface area contributed by atoms with Crippen LogP contribution in [0.3, 0.4) is 0 Å². The molecule has 1 heterocycles. The molecule has 0 saturated carbocycles. The van der Waals surface area contributed by atoms with Crippen molar-refractivity contribution in [1.82, 2.24) is 9.80 Å². The van der Waals surface area contributed by atoms with E-state index in [4.69, 9.17) is 4.74 Å². The fourth-order valence-corrected chi connectivity index (χ4v) is 4.81. The van der Waals surface area contributed by atoms with E-state index in [1.807, 2.05) is 93.5 Å². The molecule has 1 aliphatic rings. The Morgan fingerprint density at radius 2 is 1.87 bits per heavy atom. The normalized spacial score (nSPS) is 18.5. The summed E-state index contributed by atoms with van der Waals surface area (Å²) in [7, 11) is 5.65. The highest BCUT2D eigenvalue weighted by Crippen LogP contribution is 2.30. The number of benzene rings is 3. The molecule has 0 radical (unpaired) electrons. The molecule has 0 aliphatic carbocycles. The third-order valence-electron chi connectivity index (χ3n) is 7.25. The van der Waals surface area contributed by atoms with Crippen molar-refractivity contribution in [3.05, 3.63) is 66.2 Å². The maximum absolute atomic E-state index is 13.3.